The Hall–Kier alpha value is -4.63. The zero-order valence-corrected chi connectivity index (χ0v) is 27.2. The lowest BCUT2D eigenvalue weighted by atomic mass is 10.0. The van der Waals surface area contributed by atoms with Crippen LogP contribution >= 0.6 is 0 Å². The van der Waals surface area contributed by atoms with Gasteiger partial charge in [-0.05, 0) is 55.2 Å². The number of rotatable bonds is 13. The predicted molar refractivity (Wildman–Crippen MR) is 180 cm³/mol. The van der Waals surface area contributed by atoms with E-state index >= 15 is 0 Å². The summed E-state index contributed by atoms with van der Waals surface area (Å²) < 4.78 is 35.1. The lowest BCUT2D eigenvalue weighted by molar-refractivity contribution is -0.140. The number of hydrogen-bond acceptors (Lipinski definition) is 5. The fourth-order valence-corrected chi connectivity index (χ4v) is 7.44. The van der Waals surface area contributed by atoms with E-state index in [-0.39, 0.29) is 35.5 Å². The zero-order valence-electron chi connectivity index (χ0n) is 26.3. The molecular weight excluding hydrogens is 598 g/mol. The Morgan fingerprint density at radius 1 is 0.848 bits per heavy atom. The summed E-state index contributed by atoms with van der Waals surface area (Å²) in [7, 11) is -2.75. The number of hydrogen-bond donors (Lipinski definition) is 1. The van der Waals surface area contributed by atoms with E-state index in [4.69, 9.17) is 4.74 Å². The summed E-state index contributed by atoms with van der Waals surface area (Å²) in [4.78, 5) is 30.4. The molecule has 0 heterocycles. The molecule has 2 amide bonds. The van der Waals surface area contributed by atoms with Gasteiger partial charge in [0.1, 0.15) is 18.3 Å². The number of sulfonamides is 1. The minimum absolute atomic E-state index is 0.0405. The number of nitrogens with zero attached hydrogens (tertiary/aromatic N) is 2. The first kappa shape index (κ1) is 32.8. The average molecular weight is 640 g/mol. The molecule has 1 N–H and O–H groups in total. The van der Waals surface area contributed by atoms with Crippen molar-refractivity contribution in [2.24, 2.45) is 0 Å². The Morgan fingerprint density at radius 3 is 2.15 bits per heavy atom. The Morgan fingerprint density at radius 2 is 1.48 bits per heavy atom. The highest BCUT2D eigenvalue weighted by Gasteiger charge is 2.36. The van der Waals surface area contributed by atoms with Crippen LogP contribution in [0, 0.1) is 6.92 Å². The molecule has 0 aliphatic heterocycles. The monoisotopic (exact) mass is 639 g/mol. The smallest absolute Gasteiger partial charge is 0.264 e. The second kappa shape index (κ2) is 15.1. The molecule has 1 fully saturated rings. The number of benzene rings is 4. The van der Waals surface area contributed by atoms with Crippen molar-refractivity contribution in [2.45, 2.75) is 62.6 Å². The van der Waals surface area contributed by atoms with E-state index in [9.17, 15) is 18.0 Å². The molecule has 46 heavy (non-hydrogen) atoms. The Labute approximate surface area is 272 Å². The number of anilines is 1. The second-order valence-corrected chi connectivity index (χ2v) is 13.6. The molecule has 1 atom stereocenters. The quantitative estimate of drug-likeness (QED) is 0.197. The van der Waals surface area contributed by atoms with E-state index in [1.807, 2.05) is 61.5 Å². The van der Waals surface area contributed by atoms with Gasteiger partial charge in [-0.15, -0.1) is 0 Å². The molecule has 240 valence electrons. The van der Waals surface area contributed by atoms with E-state index in [1.54, 1.807) is 42.5 Å². The van der Waals surface area contributed by atoms with Crippen molar-refractivity contribution in [3.8, 4) is 5.75 Å². The molecule has 4 aromatic carbocycles. The van der Waals surface area contributed by atoms with Crippen LogP contribution in [-0.2, 0) is 32.6 Å². The lowest BCUT2D eigenvalue weighted by Crippen LogP contribution is -2.54. The van der Waals surface area contributed by atoms with Crippen LogP contribution in [0.2, 0.25) is 0 Å². The van der Waals surface area contributed by atoms with Crippen molar-refractivity contribution in [2.75, 3.05) is 18.0 Å². The fraction of sp³-hybridized carbons (Fsp3) is 0.297. The van der Waals surface area contributed by atoms with Crippen LogP contribution in [0.3, 0.4) is 0 Å². The molecule has 0 aromatic heterocycles. The van der Waals surface area contributed by atoms with Crippen LogP contribution in [0.5, 0.6) is 5.75 Å². The van der Waals surface area contributed by atoms with Gasteiger partial charge in [0.05, 0.1) is 17.7 Å². The molecule has 0 saturated heterocycles. The van der Waals surface area contributed by atoms with Crippen LogP contribution in [0.15, 0.2) is 114 Å². The van der Waals surface area contributed by atoms with Crippen LogP contribution < -0.4 is 14.4 Å². The molecule has 0 radical (unpaired) electrons. The third-order valence-corrected chi connectivity index (χ3v) is 10.1. The van der Waals surface area contributed by atoms with Gasteiger partial charge in [0, 0.05) is 19.0 Å². The SMILES string of the molecule is COc1ccccc1N(CC(=O)N(Cc1cccc(C)c1)C(Cc1ccccc1)C(=O)NC1CCCC1)S(=O)(=O)c1ccccc1. The summed E-state index contributed by atoms with van der Waals surface area (Å²) in [5.41, 5.74) is 2.99. The number of ether oxygens (including phenoxy) is 1. The minimum Gasteiger partial charge on any atom is -0.495 e. The van der Waals surface area contributed by atoms with E-state index in [2.05, 4.69) is 5.32 Å². The third-order valence-electron chi connectivity index (χ3n) is 8.37. The Kier molecular flexibility index (Phi) is 10.8. The average Bonchev–Trinajstić information content (AvgIpc) is 3.59. The highest BCUT2D eigenvalue weighted by atomic mass is 32.2. The largest absolute Gasteiger partial charge is 0.495 e. The molecule has 5 rings (SSSR count). The van der Waals surface area contributed by atoms with E-state index in [0.29, 0.717) is 5.75 Å². The van der Waals surface area contributed by atoms with Crippen LogP contribution in [-0.4, -0.2) is 50.9 Å². The number of nitrogens with one attached hydrogen (secondary N) is 1. The van der Waals surface area contributed by atoms with Crippen molar-refractivity contribution < 1.29 is 22.7 Å². The van der Waals surface area contributed by atoms with Gasteiger partial charge in [0.25, 0.3) is 10.0 Å². The molecule has 1 unspecified atom stereocenters. The van der Waals surface area contributed by atoms with Gasteiger partial charge < -0.3 is 15.0 Å². The lowest BCUT2D eigenvalue weighted by Gasteiger charge is -2.34. The summed E-state index contributed by atoms with van der Waals surface area (Å²) in [6.45, 7) is 1.56. The number of para-hydroxylation sites is 2. The first-order chi connectivity index (χ1) is 22.3. The topological polar surface area (TPSA) is 96.0 Å². The Balaban J connectivity index is 1.58. The highest BCUT2D eigenvalue weighted by Crippen LogP contribution is 2.32. The van der Waals surface area contributed by atoms with Crippen LogP contribution in [0.4, 0.5) is 5.69 Å². The fourth-order valence-electron chi connectivity index (χ4n) is 6.00. The number of carbonyl (C=O) groups excluding carboxylic acids is 2. The molecule has 0 spiro atoms. The van der Waals surface area contributed by atoms with Gasteiger partial charge in [-0.1, -0.05) is 103 Å². The molecule has 1 saturated carbocycles. The second-order valence-electron chi connectivity index (χ2n) is 11.7. The van der Waals surface area contributed by atoms with Gasteiger partial charge in [0.2, 0.25) is 11.8 Å². The van der Waals surface area contributed by atoms with Crippen molar-refractivity contribution in [3.63, 3.8) is 0 Å². The van der Waals surface area contributed by atoms with Crippen LogP contribution in [0.25, 0.3) is 0 Å². The van der Waals surface area contributed by atoms with E-state index < -0.39 is 28.5 Å². The summed E-state index contributed by atoms with van der Waals surface area (Å²) in [5, 5.41) is 3.21. The standard InChI is InChI=1S/C37H41N3O5S/c1-28-14-13-17-30(24-28)26-39(34(25-29-15-5-3-6-16-29)37(42)38-31-18-9-10-19-31)36(41)27-40(33-22-11-12-23-35(33)45-2)46(43,44)32-20-7-4-8-21-32/h3-8,11-17,20-24,31,34H,9-10,18-19,25-27H2,1-2H3,(H,38,42). The van der Waals surface area contributed by atoms with Gasteiger partial charge in [-0.2, -0.15) is 0 Å². The minimum atomic E-state index is -4.21. The molecule has 4 aromatic rings. The van der Waals surface area contributed by atoms with Gasteiger partial charge in [0.15, 0.2) is 0 Å². The van der Waals surface area contributed by atoms with Crippen LogP contribution in [0.1, 0.15) is 42.4 Å². The number of methoxy groups -OCH3 is 1. The van der Waals surface area contributed by atoms with Crippen molar-refractivity contribution in [1.82, 2.24) is 10.2 Å². The summed E-state index contributed by atoms with van der Waals surface area (Å²) in [6.07, 6.45) is 4.16. The molecule has 8 nitrogen and oxygen atoms in total. The molecule has 0 bridgehead atoms. The first-order valence-corrected chi connectivity index (χ1v) is 17.1. The summed E-state index contributed by atoms with van der Waals surface area (Å²) in [5.74, 6) is -0.444. The van der Waals surface area contributed by atoms with Crippen molar-refractivity contribution in [3.05, 3.63) is 126 Å². The van der Waals surface area contributed by atoms with E-state index in [0.717, 1.165) is 46.7 Å². The summed E-state index contributed by atoms with van der Waals surface area (Å²) >= 11 is 0. The highest BCUT2D eigenvalue weighted by molar-refractivity contribution is 7.92. The van der Waals surface area contributed by atoms with Gasteiger partial charge in [-0.3, -0.25) is 13.9 Å². The first-order valence-electron chi connectivity index (χ1n) is 15.7. The third kappa shape index (κ3) is 7.95. The molecule has 1 aliphatic carbocycles. The molecular formula is C37H41N3O5S. The predicted octanol–water partition coefficient (Wildman–Crippen LogP) is 5.90. The maximum absolute atomic E-state index is 14.7. The molecule has 9 heteroatoms. The Bertz CT molecular complexity index is 1720. The van der Waals surface area contributed by atoms with Gasteiger partial charge in [-0.25, -0.2) is 8.42 Å². The number of carbonyl (C=O) groups is 2. The molecule has 1 aliphatic rings. The van der Waals surface area contributed by atoms with Crippen molar-refractivity contribution in [1.29, 1.82) is 0 Å². The maximum atomic E-state index is 14.7. The van der Waals surface area contributed by atoms with Crippen molar-refractivity contribution >= 4 is 27.5 Å². The number of amides is 2. The zero-order chi connectivity index (χ0) is 32.5. The van der Waals surface area contributed by atoms with Gasteiger partial charge >= 0.3 is 0 Å². The summed E-state index contributed by atoms with van der Waals surface area (Å²) in [6, 6.07) is 31.3. The van der Waals surface area contributed by atoms with E-state index in [1.165, 1.54) is 24.1 Å². The normalized spacial score (nSPS) is 14.0. The maximum Gasteiger partial charge on any atom is 0.264 e. The number of aryl methyl sites for hydroxylation is 1.